The van der Waals surface area contributed by atoms with Gasteiger partial charge in [0.15, 0.2) is 0 Å². The fourth-order valence-electron chi connectivity index (χ4n) is 1.95. The lowest BCUT2D eigenvalue weighted by Gasteiger charge is -2.15. The fraction of sp³-hybridized carbons (Fsp3) is 0.429. The molecular weight excluding hydrogens is 260 g/mol. The molecule has 102 valence electrons. The molecule has 5 heteroatoms. The van der Waals surface area contributed by atoms with E-state index < -0.39 is 0 Å². The minimum absolute atomic E-state index is 0.245. The SMILES string of the molecule is CC(C)n1ncnc1CN[C@@H](C)c1ccc(Cl)cc1. The van der Waals surface area contributed by atoms with E-state index >= 15 is 0 Å². The molecular formula is C14H19ClN4. The molecule has 1 atom stereocenters. The molecule has 19 heavy (non-hydrogen) atoms. The van der Waals surface area contributed by atoms with E-state index in [4.69, 9.17) is 11.6 Å². The summed E-state index contributed by atoms with van der Waals surface area (Å²) in [7, 11) is 0. The molecule has 4 nitrogen and oxygen atoms in total. The van der Waals surface area contributed by atoms with E-state index in [1.54, 1.807) is 6.33 Å². The van der Waals surface area contributed by atoms with Crippen molar-refractivity contribution in [3.8, 4) is 0 Å². The predicted octanol–water partition coefficient (Wildman–Crippen LogP) is 3.36. The van der Waals surface area contributed by atoms with Crippen LogP contribution in [0.5, 0.6) is 0 Å². The molecule has 1 aromatic heterocycles. The molecule has 1 heterocycles. The van der Waals surface area contributed by atoms with Gasteiger partial charge in [-0.25, -0.2) is 9.67 Å². The van der Waals surface area contributed by atoms with Crippen molar-refractivity contribution in [1.82, 2.24) is 20.1 Å². The molecule has 0 fully saturated rings. The summed E-state index contributed by atoms with van der Waals surface area (Å²) in [4.78, 5) is 4.29. The fourth-order valence-corrected chi connectivity index (χ4v) is 2.07. The topological polar surface area (TPSA) is 42.7 Å². The largest absolute Gasteiger partial charge is 0.303 e. The number of halogens is 1. The third kappa shape index (κ3) is 3.55. The van der Waals surface area contributed by atoms with E-state index in [2.05, 4.69) is 36.2 Å². The zero-order valence-electron chi connectivity index (χ0n) is 11.5. The van der Waals surface area contributed by atoms with Crippen molar-refractivity contribution in [2.75, 3.05) is 0 Å². The van der Waals surface area contributed by atoms with Crippen LogP contribution < -0.4 is 5.32 Å². The van der Waals surface area contributed by atoms with Gasteiger partial charge in [-0.05, 0) is 38.5 Å². The van der Waals surface area contributed by atoms with Crippen LogP contribution in [-0.4, -0.2) is 14.8 Å². The summed E-state index contributed by atoms with van der Waals surface area (Å²) in [6, 6.07) is 8.46. The highest BCUT2D eigenvalue weighted by molar-refractivity contribution is 6.30. The van der Waals surface area contributed by atoms with Gasteiger partial charge in [-0.3, -0.25) is 0 Å². The number of benzene rings is 1. The Labute approximate surface area is 118 Å². The summed E-state index contributed by atoms with van der Waals surface area (Å²) in [5.41, 5.74) is 1.21. The van der Waals surface area contributed by atoms with E-state index in [9.17, 15) is 0 Å². The maximum absolute atomic E-state index is 5.89. The number of hydrogen-bond donors (Lipinski definition) is 1. The smallest absolute Gasteiger partial charge is 0.141 e. The van der Waals surface area contributed by atoms with Crippen LogP contribution in [0.15, 0.2) is 30.6 Å². The molecule has 0 saturated carbocycles. The van der Waals surface area contributed by atoms with E-state index in [1.807, 2.05) is 28.9 Å². The van der Waals surface area contributed by atoms with Crippen LogP contribution in [0.4, 0.5) is 0 Å². The zero-order valence-corrected chi connectivity index (χ0v) is 12.2. The van der Waals surface area contributed by atoms with Crippen LogP contribution in [0.2, 0.25) is 5.02 Å². The number of aromatic nitrogens is 3. The summed E-state index contributed by atoms with van der Waals surface area (Å²) >= 11 is 5.89. The monoisotopic (exact) mass is 278 g/mol. The van der Waals surface area contributed by atoms with Crippen LogP contribution in [0.25, 0.3) is 0 Å². The van der Waals surface area contributed by atoms with Crippen molar-refractivity contribution in [2.45, 2.75) is 39.4 Å². The Morgan fingerprint density at radius 3 is 2.53 bits per heavy atom. The first-order valence-electron chi connectivity index (χ1n) is 6.45. The van der Waals surface area contributed by atoms with Gasteiger partial charge in [0.1, 0.15) is 12.2 Å². The lowest BCUT2D eigenvalue weighted by atomic mass is 10.1. The summed E-state index contributed by atoms with van der Waals surface area (Å²) in [6.45, 7) is 7.02. The minimum Gasteiger partial charge on any atom is -0.303 e. The van der Waals surface area contributed by atoms with E-state index in [0.717, 1.165) is 10.8 Å². The summed E-state index contributed by atoms with van der Waals surface area (Å²) in [6.07, 6.45) is 1.60. The molecule has 0 aliphatic rings. The maximum Gasteiger partial charge on any atom is 0.141 e. The van der Waals surface area contributed by atoms with Gasteiger partial charge in [-0.2, -0.15) is 5.10 Å². The quantitative estimate of drug-likeness (QED) is 0.912. The highest BCUT2D eigenvalue weighted by atomic mass is 35.5. The van der Waals surface area contributed by atoms with E-state index in [-0.39, 0.29) is 6.04 Å². The molecule has 0 radical (unpaired) electrons. The van der Waals surface area contributed by atoms with Crippen molar-refractivity contribution in [2.24, 2.45) is 0 Å². The first kappa shape index (κ1) is 14.0. The number of nitrogens with one attached hydrogen (secondary N) is 1. The van der Waals surface area contributed by atoms with Crippen LogP contribution in [0.1, 0.15) is 44.2 Å². The Morgan fingerprint density at radius 1 is 1.21 bits per heavy atom. The van der Waals surface area contributed by atoms with Crippen LogP contribution in [-0.2, 0) is 6.54 Å². The molecule has 0 saturated heterocycles. The predicted molar refractivity (Wildman–Crippen MR) is 77.1 cm³/mol. The number of hydrogen-bond acceptors (Lipinski definition) is 3. The van der Waals surface area contributed by atoms with Crippen LogP contribution in [0, 0.1) is 0 Å². The minimum atomic E-state index is 0.245. The molecule has 1 N–H and O–H groups in total. The normalized spacial score (nSPS) is 12.9. The molecule has 0 bridgehead atoms. The van der Waals surface area contributed by atoms with Crippen molar-refractivity contribution in [1.29, 1.82) is 0 Å². The number of rotatable bonds is 5. The van der Waals surface area contributed by atoms with Gasteiger partial charge in [0.2, 0.25) is 0 Å². The zero-order chi connectivity index (χ0) is 13.8. The average Bonchev–Trinajstić information content (AvgIpc) is 2.85. The second kappa shape index (κ2) is 6.17. The first-order chi connectivity index (χ1) is 9.08. The van der Waals surface area contributed by atoms with Crippen molar-refractivity contribution < 1.29 is 0 Å². The van der Waals surface area contributed by atoms with Gasteiger partial charge < -0.3 is 5.32 Å². The first-order valence-corrected chi connectivity index (χ1v) is 6.83. The highest BCUT2D eigenvalue weighted by Gasteiger charge is 2.10. The van der Waals surface area contributed by atoms with E-state index in [1.165, 1.54) is 5.56 Å². The Bertz CT molecular complexity index is 518. The van der Waals surface area contributed by atoms with Crippen molar-refractivity contribution in [3.63, 3.8) is 0 Å². The molecule has 0 spiro atoms. The van der Waals surface area contributed by atoms with Gasteiger partial charge in [-0.15, -0.1) is 0 Å². The van der Waals surface area contributed by atoms with E-state index in [0.29, 0.717) is 12.6 Å². The molecule has 0 aliphatic heterocycles. The summed E-state index contributed by atoms with van der Waals surface area (Å²) in [5.74, 6) is 0.954. The third-order valence-corrected chi connectivity index (χ3v) is 3.32. The molecule has 0 amide bonds. The third-order valence-electron chi connectivity index (χ3n) is 3.07. The second-order valence-corrected chi connectivity index (χ2v) is 5.31. The Kier molecular flexibility index (Phi) is 4.56. The van der Waals surface area contributed by atoms with Crippen molar-refractivity contribution in [3.05, 3.63) is 47.0 Å². The van der Waals surface area contributed by atoms with Gasteiger partial charge in [-0.1, -0.05) is 23.7 Å². The molecule has 2 rings (SSSR count). The van der Waals surface area contributed by atoms with Gasteiger partial charge >= 0.3 is 0 Å². The highest BCUT2D eigenvalue weighted by Crippen LogP contribution is 2.16. The average molecular weight is 279 g/mol. The lowest BCUT2D eigenvalue weighted by molar-refractivity contribution is 0.473. The number of nitrogens with zero attached hydrogens (tertiary/aromatic N) is 3. The molecule has 1 aromatic carbocycles. The van der Waals surface area contributed by atoms with Gasteiger partial charge in [0.05, 0.1) is 6.54 Å². The summed E-state index contributed by atoms with van der Waals surface area (Å²) in [5, 5.41) is 8.44. The van der Waals surface area contributed by atoms with Crippen LogP contribution >= 0.6 is 11.6 Å². The molecule has 2 aromatic rings. The lowest BCUT2D eigenvalue weighted by Crippen LogP contribution is -2.21. The van der Waals surface area contributed by atoms with Crippen LogP contribution in [0.3, 0.4) is 0 Å². The summed E-state index contributed by atoms with van der Waals surface area (Å²) < 4.78 is 1.93. The maximum atomic E-state index is 5.89. The standard InChI is InChI=1S/C14H19ClN4/c1-10(2)19-14(17-9-18-19)8-16-11(3)12-4-6-13(15)7-5-12/h4-7,9-11,16H,8H2,1-3H3/t11-/m0/s1. The van der Waals surface area contributed by atoms with Gasteiger partial charge in [0.25, 0.3) is 0 Å². The molecule has 0 unspecified atom stereocenters. The van der Waals surface area contributed by atoms with Gasteiger partial charge in [0, 0.05) is 17.1 Å². The van der Waals surface area contributed by atoms with Crippen molar-refractivity contribution >= 4 is 11.6 Å². The Hall–Kier alpha value is -1.39. The molecule has 0 aliphatic carbocycles. The Balaban J connectivity index is 1.98. The second-order valence-electron chi connectivity index (χ2n) is 4.87. The Morgan fingerprint density at radius 2 is 1.89 bits per heavy atom.